The fourth-order valence-electron chi connectivity index (χ4n) is 5.16. The highest BCUT2D eigenvalue weighted by Gasteiger charge is 2.57. The maximum atomic E-state index is 13.7. The van der Waals surface area contributed by atoms with E-state index in [1.165, 1.54) is 0 Å². The Labute approximate surface area is 166 Å². The Bertz CT molecular complexity index is 856. The van der Waals surface area contributed by atoms with Crippen molar-refractivity contribution in [2.45, 2.75) is 63.8 Å². The van der Waals surface area contributed by atoms with E-state index in [1.807, 2.05) is 61.2 Å². The number of nitrogens with zero attached hydrogens (tertiary/aromatic N) is 2. The van der Waals surface area contributed by atoms with Crippen LogP contribution < -0.4 is 0 Å². The number of fused-ring (bicyclic) bond motifs is 1. The molecule has 1 aromatic carbocycles. The van der Waals surface area contributed by atoms with Crippen molar-refractivity contribution in [1.29, 1.82) is 0 Å². The summed E-state index contributed by atoms with van der Waals surface area (Å²) >= 11 is 0. The standard InChI is InChI=1S/C23H28N2O3/c1-15-8-7-13-24-20(15)22(28)25-17(16-9-4-3-5-10-16)14-23(2)19(25)12-6-11-18(26)21(23)27/h3-5,7-10,13,17-19,21,26-27H,6,11-12,14H2,1-2H3/t17-,18+,19-,21+,23-/m1/s1. The predicted octanol–water partition coefficient (Wildman–Crippen LogP) is 3.26. The van der Waals surface area contributed by atoms with Crippen molar-refractivity contribution in [3.05, 3.63) is 65.5 Å². The minimum Gasteiger partial charge on any atom is -0.390 e. The van der Waals surface area contributed by atoms with Crippen LogP contribution in [0.5, 0.6) is 0 Å². The summed E-state index contributed by atoms with van der Waals surface area (Å²) in [5.41, 5.74) is 1.81. The third kappa shape index (κ3) is 3.03. The Balaban J connectivity index is 1.81. The Morgan fingerprint density at radius 3 is 2.61 bits per heavy atom. The highest BCUT2D eigenvalue weighted by Crippen LogP contribution is 2.53. The number of aryl methyl sites for hydroxylation is 1. The van der Waals surface area contributed by atoms with Gasteiger partial charge in [-0.15, -0.1) is 0 Å². The molecule has 2 aliphatic rings. The molecule has 2 heterocycles. The molecule has 0 bridgehead atoms. The fraction of sp³-hybridized carbons (Fsp3) is 0.478. The number of carbonyl (C=O) groups excluding carboxylic acids is 1. The first-order valence-corrected chi connectivity index (χ1v) is 10.1. The van der Waals surface area contributed by atoms with E-state index in [4.69, 9.17) is 0 Å². The van der Waals surface area contributed by atoms with Gasteiger partial charge < -0.3 is 15.1 Å². The van der Waals surface area contributed by atoms with Crippen molar-refractivity contribution in [1.82, 2.24) is 9.88 Å². The van der Waals surface area contributed by atoms with Gasteiger partial charge in [0.1, 0.15) is 5.69 Å². The second-order valence-electron chi connectivity index (χ2n) is 8.48. The zero-order valence-corrected chi connectivity index (χ0v) is 16.5. The monoisotopic (exact) mass is 380 g/mol. The van der Waals surface area contributed by atoms with Crippen LogP contribution in [0, 0.1) is 12.3 Å². The van der Waals surface area contributed by atoms with Crippen molar-refractivity contribution in [3.8, 4) is 0 Å². The number of benzene rings is 1. The number of hydrogen-bond acceptors (Lipinski definition) is 4. The van der Waals surface area contributed by atoms with Gasteiger partial charge in [-0.2, -0.15) is 0 Å². The molecular weight excluding hydrogens is 352 g/mol. The maximum Gasteiger partial charge on any atom is 0.273 e. The van der Waals surface area contributed by atoms with E-state index in [0.717, 1.165) is 24.0 Å². The highest BCUT2D eigenvalue weighted by atomic mass is 16.3. The molecule has 2 aromatic rings. The van der Waals surface area contributed by atoms with Gasteiger partial charge in [0.15, 0.2) is 0 Å². The van der Waals surface area contributed by atoms with Crippen molar-refractivity contribution in [3.63, 3.8) is 0 Å². The van der Waals surface area contributed by atoms with Crippen LogP contribution in [-0.2, 0) is 0 Å². The molecule has 0 unspecified atom stereocenters. The molecule has 1 aliphatic carbocycles. The van der Waals surface area contributed by atoms with Crippen LogP contribution in [0.15, 0.2) is 48.7 Å². The van der Waals surface area contributed by atoms with Crippen LogP contribution in [0.3, 0.4) is 0 Å². The van der Waals surface area contributed by atoms with Crippen LogP contribution in [0.25, 0.3) is 0 Å². The number of hydrogen-bond donors (Lipinski definition) is 2. The lowest BCUT2D eigenvalue weighted by Gasteiger charge is -2.38. The van der Waals surface area contributed by atoms with Crippen LogP contribution in [0.4, 0.5) is 0 Å². The Kier molecular flexibility index (Phi) is 4.98. The molecule has 148 valence electrons. The summed E-state index contributed by atoms with van der Waals surface area (Å²) in [6.45, 7) is 3.92. The molecule has 1 saturated carbocycles. The Hall–Kier alpha value is -2.24. The molecule has 2 fully saturated rings. The lowest BCUT2D eigenvalue weighted by molar-refractivity contribution is -0.0613. The van der Waals surface area contributed by atoms with Crippen molar-refractivity contribution in [2.75, 3.05) is 0 Å². The molecule has 0 radical (unpaired) electrons. The first kappa shape index (κ1) is 19.1. The van der Waals surface area contributed by atoms with Crippen molar-refractivity contribution in [2.24, 2.45) is 5.41 Å². The molecule has 2 N–H and O–H groups in total. The second-order valence-corrected chi connectivity index (χ2v) is 8.48. The van der Waals surface area contributed by atoms with E-state index in [1.54, 1.807) is 6.20 Å². The molecule has 1 saturated heterocycles. The van der Waals surface area contributed by atoms with Gasteiger partial charge in [0.2, 0.25) is 0 Å². The lowest BCUT2D eigenvalue weighted by atomic mass is 9.74. The summed E-state index contributed by atoms with van der Waals surface area (Å²) < 4.78 is 0. The first-order valence-electron chi connectivity index (χ1n) is 10.1. The Morgan fingerprint density at radius 2 is 1.89 bits per heavy atom. The van der Waals surface area contributed by atoms with Gasteiger partial charge in [-0.3, -0.25) is 9.78 Å². The second kappa shape index (κ2) is 7.30. The molecular formula is C23H28N2O3. The van der Waals surface area contributed by atoms with E-state index in [2.05, 4.69) is 4.98 Å². The van der Waals surface area contributed by atoms with Crippen molar-refractivity contribution < 1.29 is 15.0 Å². The molecule has 28 heavy (non-hydrogen) atoms. The van der Waals surface area contributed by atoms with E-state index in [0.29, 0.717) is 18.5 Å². The zero-order valence-electron chi connectivity index (χ0n) is 16.5. The number of aliphatic hydroxyl groups excluding tert-OH is 2. The summed E-state index contributed by atoms with van der Waals surface area (Å²) in [5, 5.41) is 21.4. The first-order chi connectivity index (χ1) is 13.4. The van der Waals surface area contributed by atoms with E-state index < -0.39 is 17.6 Å². The van der Waals surface area contributed by atoms with Gasteiger partial charge >= 0.3 is 0 Å². The summed E-state index contributed by atoms with van der Waals surface area (Å²) in [6.07, 6.45) is 2.78. The molecule has 5 atom stereocenters. The maximum absolute atomic E-state index is 13.7. The van der Waals surface area contributed by atoms with Crippen LogP contribution in [0.2, 0.25) is 0 Å². The number of amides is 1. The molecule has 5 nitrogen and oxygen atoms in total. The van der Waals surface area contributed by atoms with Gasteiger partial charge in [0, 0.05) is 17.7 Å². The molecule has 0 spiro atoms. The molecule has 4 rings (SSSR count). The normalized spacial score (nSPS) is 32.6. The summed E-state index contributed by atoms with van der Waals surface area (Å²) in [7, 11) is 0. The van der Waals surface area contributed by atoms with Gasteiger partial charge in [-0.1, -0.05) is 43.3 Å². The highest BCUT2D eigenvalue weighted by molar-refractivity contribution is 5.94. The number of aliphatic hydroxyl groups is 2. The van der Waals surface area contributed by atoms with Gasteiger partial charge in [-0.05, 0) is 49.8 Å². The third-order valence-corrected chi connectivity index (χ3v) is 6.71. The molecule has 1 aliphatic heterocycles. The van der Waals surface area contributed by atoms with E-state index in [-0.39, 0.29) is 18.0 Å². The molecule has 1 aromatic heterocycles. The summed E-state index contributed by atoms with van der Waals surface area (Å²) in [6, 6.07) is 13.4. The Morgan fingerprint density at radius 1 is 1.14 bits per heavy atom. The average Bonchev–Trinajstić information content (AvgIpc) is 2.96. The van der Waals surface area contributed by atoms with Crippen LogP contribution in [-0.4, -0.2) is 44.3 Å². The van der Waals surface area contributed by atoms with Crippen LogP contribution >= 0.6 is 0 Å². The minimum absolute atomic E-state index is 0.0933. The SMILES string of the molecule is Cc1cccnc1C(=O)N1[C@@H](c2ccccc2)C[C@@]2(C)[C@@H](O)[C@@H](O)CCC[C@@H]12. The quantitative estimate of drug-likeness (QED) is 0.839. The summed E-state index contributed by atoms with van der Waals surface area (Å²) in [4.78, 5) is 20.0. The number of aromatic nitrogens is 1. The fourth-order valence-corrected chi connectivity index (χ4v) is 5.16. The van der Waals surface area contributed by atoms with Crippen LogP contribution in [0.1, 0.15) is 60.3 Å². The van der Waals surface area contributed by atoms with Crippen molar-refractivity contribution >= 4 is 5.91 Å². The van der Waals surface area contributed by atoms with E-state index in [9.17, 15) is 15.0 Å². The van der Waals surface area contributed by atoms with Gasteiger partial charge in [0.05, 0.1) is 18.2 Å². The lowest BCUT2D eigenvalue weighted by Crippen LogP contribution is -2.49. The predicted molar refractivity (Wildman–Crippen MR) is 107 cm³/mol. The average molecular weight is 380 g/mol. The number of likely N-dealkylation sites (tertiary alicyclic amines) is 1. The number of rotatable bonds is 2. The largest absolute Gasteiger partial charge is 0.390 e. The topological polar surface area (TPSA) is 73.7 Å². The van der Waals surface area contributed by atoms with E-state index >= 15 is 0 Å². The molecule has 1 amide bonds. The third-order valence-electron chi connectivity index (χ3n) is 6.71. The van der Waals surface area contributed by atoms with Gasteiger partial charge in [0.25, 0.3) is 5.91 Å². The smallest absolute Gasteiger partial charge is 0.273 e. The minimum atomic E-state index is -0.853. The number of pyridine rings is 1. The molecule has 5 heteroatoms. The zero-order chi connectivity index (χ0) is 19.9. The number of carbonyl (C=O) groups is 1. The summed E-state index contributed by atoms with van der Waals surface area (Å²) in [5.74, 6) is -0.0933. The van der Waals surface area contributed by atoms with Gasteiger partial charge in [-0.25, -0.2) is 0 Å².